The monoisotopic (exact) mass is 344 g/mol. The van der Waals surface area contributed by atoms with E-state index in [2.05, 4.69) is 12.2 Å². The molecule has 2 fully saturated rings. The van der Waals surface area contributed by atoms with E-state index in [0.29, 0.717) is 0 Å². The number of hydrogen-bond acceptors (Lipinski definition) is 3. The van der Waals surface area contributed by atoms with E-state index in [4.69, 9.17) is 4.74 Å². The SMILES string of the molecule is O=C1OC(=O)C2C(/C=C/c3ccccc3)CC(/C=C/c3ccccc3)C12. The average Bonchev–Trinajstić information content (AvgIpc) is 3.19. The first kappa shape index (κ1) is 16.5. The highest BCUT2D eigenvalue weighted by atomic mass is 16.6. The van der Waals surface area contributed by atoms with Gasteiger partial charge in [-0.05, 0) is 29.4 Å². The zero-order chi connectivity index (χ0) is 17.9. The van der Waals surface area contributed by atoms with E-state index in [-0.39, 0.29) is 35.6 Å². The van der Waals surface area contributed by atoms with E-state index in [1.165, 1.54) is 0 Å². The zero-order valence-corrected chi connectivity index (χ0v) is 14.3. The molecule has 0 aromatic heterocycles. The van der Waals surface area contributed by atoms with Gasteiger partial charge in [0, 0.05) is 0 Å². The first-order valence-corrected chi connectivity index (χ1v) is 8.94. The predicted molar refractivity (Wildman–Crippen MR) is 101 cm³/mol. The van der Waals surface area contributed by atoms with Crippen molar-refractivity contribution in [1.82, 2.24) is 0 Å². The predicted octanol–water partition coefficient (Wildman–Crippen LogP) is 4.37. The molecule has 1 aliphatic carbocycles. The fourth-order valence-electron chi connectivity index (χ4n) is 4.01. The van der Waals surface area contributed by atoms with Gasteiger partial charge >= 0.3 is 11.9 Å². The van der Waals surface area contributed by atoms with Crippen LogP contribution in [-0.2, 0) is 14.3 Å². The lowest BCUT2D eigenvalue weighted by Crippen LogP contribution is -2.19. The summed E-state index contributed by atoms with van der Waals surface area (Å²) in [6.45, 7) is 0. The highest BCUT2D eigenvalue weighted by Gasteiger charge is 2.55. The molecular formula is C23H20O3. The molecule has 0 bridgehead atoms. The molecule has 4 unspecified atom stereocenters. The van der Waals surface area contributed by atoms with Gasteiger partial charge in [0.2, 0.25) is 0 Å². The fourth-order valence-corrected chi connectivity index (χ4v) is 4.01. The van der Waals surface area contributed by atoms with E-state index >= 15 is 0 Å². The Kier molecular flexibility index (Phi) is 4.53. The second-order valence-corrected chi connectivity index (χ2v) is 6.89. The molecule has 0 N–H and O–H groups in total. The van der Waals surface area contributed by atoms with Crippen LogP contribution in [0, 0.1) is 23.7 Å². The Labute approximate surface area is 153 Å². The molecule has 0 amide bonds. The number of carbonyl (C=O) groups is 2. The lowest BCUT2D eigenvalue weighted by molar-refractivity contribution is -0.154. The van der Waals surface area contributed by atoms with Crippen molar-refractivity contribution in [3.05, 3.63) is 83.9 Å². The largest absolute Gasteiger partial charge is 0.393 e. The Balaban J connectivity index is 1.57. The van der Waals surface area contributed by atoms with Crippen LogP contribution < -0.4 is 0 Å². The van der Waals surface area contributed by atoms with Crippen LogP contribution in [0.1, 0.15) is 17.5 Å². The molecule has 2 aliphatic rings. The second kappa shape index (κ2) is 7.12. The molecule has 0 radical (unpaired) electrons. The van der Waals surface area contributed by atoms with E-state index in [1.807, 2.05) is 72.8 Å². The van der Waals surface area contributed by atoms with Gasteiger partial charge in [0.25, 0.3) is 0 Å². The molecule has 3 heteroatoms. The first-order chi connectivity index (χ1) is 12.7. The standard InChI is InChI=1S/C23H20O3/c24-22-20-18(13-11-16-7-3-1-4-8-16)15-19(21(20)23(25)26-22)14-12-17-9-5-2-6-10-17/h1-14,18-21H,15H2/b13-11+,14-12+. The smallest absolute Gasteiger partial charge is 0.318 e. The van der Waals surface area contributed by atoms with Gasteiger partial charge < -0.3 is 4.74 Å². The summed E-state index contributed by atoms with van der Waals surface area (Å²) in [6, 6.07) is 20.0. The number of ether oxygens (including phenoxy) is 1. The van der Waals surface area contributed by atoms with Gasteiger partial charge in [-0.1, -0.05) is 85.0 Å². The van der Waals surface area contributed by atoms with Crippen LogP contribution in [0.5, 0.6) is 0 Å². The normalized spacial score (nSPS) is 28.0. The highest BCUT2D eigenvalue weighted by Crippen LogP contribution is 2.48. The maximum absolute atomic E-state index is 12.2. The number of cyclic esters (lactones) is 2. The molecule has 1 saturated carbocycles. The van der Waals surface area contributed by atoms with Gasteiger partial charge in [-0.15, -0.1) is 0 Å². The summed E-state index contributed by atoms with van der Waals surface area (Å²) in [4.78, 5) is 24.4. The molecule has 4 rings (SSSR count). The number of benzene rings is 2. The van der Waals surface area contributed by atoms with Crippen LogP contribution in [0.4, 0.5) is 0 Å². The number of allylic oxidation sites excluding steroid dienone is 2. The van der Waals surface area contributed by atoms with Crippen molar-refractivity contribution in [3.63, 3.8) is 0 Å². The third-order valence-electron chi connectivity index (χ3n) is 5.27. The minimum atomic E-state index is -0.377. The van der Waals surface area contributed by atoms with Crippen molar-refractivity contribution in [3.8, 4) is 0 Å². The third-order valence-corrected chi connectivity index (χ3v) is 5.27. The quantitative estimate of drug-likeness (QED) is 0.611. The lowest BCUT2D eigenvalue weighted by atomic mass is 9.88. The minimum absolute atomic E-state index is 0.0181. The summed E-state index contributed by atoms with van der Waals surface area (Å²) in [7, 11) is 0. The third kappa shape index (κ3) is 3.25. The maximum atomic E-state index is 12.2. The maximum Gasteiger partial charge on any atom is 0.318 e. The van der Waals surface area contributed by atoms with E-state index in [1.54, 1.807) is 0 Å². The summed E-state index contributed by atoms with van der Waals surface area (Å²) >= 11 is 0. The van der Waals surface area contributed by atoms with E-state index < -0.39 is 0 Å². The van der Waals surface area contributed by atoms with Crippen molar-refractivity contribution >= 4 is 24.1 Å². The summed E-state index contributed by atoms with van der Waals surface area (Å²) in [5, 5.41) is 0. The van der Waals surface area contributed by atoms with Crippen molar-refractivity contribution in [2.45, 2.75) is 6.42 Å². The Morgan fingerprint density at radius 3 is 1.54 bits per heavy atom. The van der Waals surface area contributed by atoms with Crippen molar-refractivity contribution in [2.24, 2.45) is 23.7 Å². The lowest BCUT2D eigenvalue weighted by Gasteiger charge is -2.09. The molecule has 2 aromatic carbocycles. The average molecular weight is 344 g/mol. The Morgan fingerprint density at radius 1 is 0.692 bits per heavy atom. The number of hydrogen-bond donors (Lipinski definition) is 0. The zero-order valence-electron chi connectivity index (χ0n) is 14.3. The molecule has 1 aliphatic heterocycles. The van der Waals surface area contributed by atoms with Crippen LogP contribution >= 0.6 is 0 Å². The van der Waals surface area contributed by atoms with E-state index in [9.17, 15) is 9.59 Å². The van der Waals surface area contributed by atoms with Gasteiger partial charge in [-0.25, -0.2) is 0 Å². The fraction of sp³-hybridized carbons (Fsp3) is 0.217. The van der Waals surface area contributed by atoms with Gasteiger partial charge in [-0.3, -0.25) is 9.59 Å². The van der Waals surface area contributed by atoms with Gasteiger partial charge in [0.1, 0.15) is 0 Å². The van der Waals surface area contributed by atoms with Gasteiger partial charge in [0.05, 0.1) is 11.8 Å². The Morgan fingerprint density at radius 2 is 1.12 bits per heavy atom. The summed E-state index contributed by atoms with van der Waals surface area (Å²) in [5.74, 6) is -1.45. The van der Waals surface area contributed by atoms with Crippen LogP contribution in [0.25, 0.3) is 12.2 Å². The topological polar surface area (TPSA) is 43.4 Å². The minimum Gasteiger partial charge on any atom is -0.393 e. The van der Waals surface area contributed by atoms with Crippen molar-refractivity contribution < 1.29 is 14.3 Å². The van der Waals surface area contributed by atoms with Crippen LogP contribution in [-0.4, -0.2) is 11.9 Å². The number of carbonyl (C=O) groups excluding carboxylic acids is 2. The Bertz CT molecular complexity index is 780. The van der Waals surface area contributed by atoms with Crippen molar-refractivity contribution in [1.29, 1.82) is 0 Å². The summed E-state index contributed by atoms with van der Waals surface area (Å²) in [6.07, 6.45) is 8.96. The molecule has 1 heterocycles. The molecule has 4 atom stereocenters. The summed E-state index contributed by atoms with van der Waals surface area (Å²) in [5.41, 5.74) is 2.18. The number of rotatable bonds is 4. The highest BCUT2D eigenvalue weighted by molar-refractivity contribution is 5.97. The van der Waals surface area contributed by atoms with Crippen molar-refractivity contribution in [2.75, 3.05) is 0 Å². The first-order valence-electron chi connectivity index (χ1n) is 8.94. The van der Waals surface area contributed by atoms with Crippen LogP contribution in [0.15, 0.2) is 72.8 Å². The molecule has 0 spiro atoms. The molecule has 130 valence electrons. The summed E-state index contributed by atoms with van der Waals surface area (Å²) < 4.78 is 4.95. The van der Waals surface area contributed by atoms with Gasteiger partial charge in [0.15, 0.2) is 0 Å². The molecule has 3 nitrogen and oxygen atoms in total. The molecule has 2 aromatic rings. The van der Waals surface area contributed by atoms with Crippen LogP contribution in [0.2, 0.25) is 0 Å². The number of fused-ring (bicyclic) bond motifs is 1. The Hall–Kier alpha value is -2.94. The molecule has 1 saturated heterocycles. The molecule has 26 heavy (non-hydrogen) atoms. The van der Waals surface area contributed by atoms with Gasteiger partial charge in [-0.2, -0.15) is 0 Å². The van der Waals surface area contributed by atoms with Crippen LogP contribution in [0.3, 0.4) is 0 Å². The van der Waals surface area contributed by atoms with E-state index in [0.717, 1.165) is 17.5 Å². The number of esters is 2. The molecular weight excluding hydrogens is 324 g/mol. The second-order valence-electron chi connectivity index (χ2n) is 6.89.